The first kappa shape index (κ1) is 31.6. The summed E-state index contributed by atoms with van der Waals surface area (Å²) in [6.45, 7) is 13.9. The van der Waals surface area contributed by atoms with Gasteiger partial charge in [-0.2, -0.15) is 0 Å². The van der Waals surface area contributed by atoms with E-state index in [9.17, 15) is 4.79 Å². The van der Waals surface area contributed by atoms with Crippen LogP contribution in [0.1, 0.15) is 122 Å². The zero-order valence-electron chi connectivity index (χ0n) is 24.7. The molecule has 2 rings (SSSR count). The average Bonchev–Trinajstić information content (AvgIpc) is 2.90. The number of hydrogen-bond acceptors (Lipinski definition) is 2. The van der Waals surface area contributed by atoms with E-state index in [4.69, 9.17) is 4.74 Å². The van der Waals surface area contributed by atoms with Gasteiger partial charge in [0, 0.05) is 25.0 Å². The van der Waals surface area contributed by atoms with Crippen LogP contribution in [0.15, 0.2) is 55.2 Å². The molecule has 1 aromatic heterocycles. The molecular weight excluding hydrogens is 468 g/mol. The number of aryl methyl sites for hydroxylation is 2. The summed E-state index contributed by atoms with van der Waals surface area (Å²) in [5.74, 6) is 0. The lowest BCUT2D eigenvalue weighted by Gasteiger charge is -2.27. The molecule has 4 heteroatoms. The van der Waals surface area contributed by atoms with Gasteiger partial charge in [0.1, 0.15) is 6.54 Å². The van der Waals surface area contributed by atoms with Crippen molar-refractivity contribution in [3.8, 4) is 0 Å². The van der Waals surface area contributed by atoms with Gasteiger partial charge >= 0.3 is 6.09 Å². The normalized spacial score (nSPS) is 11.4. The molecule has 0 aliphatic rings. The van der Waals surface area contributed by atoms with Gasteiger partial charge in [-0.3, -0.25) is 0 Å². The second kappa shape index (κ2) is 17.8. The lowest BCUT2D eigenvalue weighted by molar-refractivity contribution is -0.704. The molecule has 1 N–H and O–H groups in total. The predicted octanol–water partition coefficient (Wildman–Crippen LogP) is 8.91. The monoisotopic (exact) mass is 521 g/mol. The van der Waals surface area contributed by atoms with Crippen molar-refractivity contribution in [2.24, 2.45) is 0 Å². The lowest BCUT2D eigenvalue weighted by Crippen LogP contribution is -2.41. The van der Waals surface area contributed by atoms with Crippen molar-refractivity contribution in [2.45, 2.75) is 123 Å². The number of unbranched alkanes of at least 4 members (excludes halogenated alkanes) is 10. The van der Waals surface area contributed by atoms with Crippen molar-refractivity contribution in [1.82, 2.24) is 5.32 Å². The molecule has 0 bridgehead atoms. The summed E-state index contributed by atoms with van der Waals surface area (Å²) in [6, 6.07) is 14.8. The zero-order chi connectivity index (χ0) is 27.6. The van der Waals surface area contributed by atoms with E-state index >= 15 is 0 Å². The number of hydrogen-bond donors (Lipinski definition) is 1. The van der Waals surface area contributed by atoms with Gasteiger partial charge in [-0.1, -0.05) is 94.7 Å². The number of amides is 1. The number of alkyl carbamates (subject to hydrolysis) is 1. The summed E-state index contributed by atoms with van der Waals surface area (Å²) in [6.07, 6.45) is 18.0. The van der Waals surface area contributed by atoms with Crippen LogP contribution >= 0.6 is 0 Å². The van der Waals surface area contributed by atoms with E-state index in [1.54, 1.807) is 0 Å². The number of carbonyl (C=O) groups is 1. The number of aromatic nitrogens is 1. The van der Waals surface area contributed by atoms with Crippen LogP contribution in [-0.4, -0.2) is 12.7 Å². The Labute approximate surface area is 232 Å². The molecule has 38 heavy (non-hydrogen) atoms. The van der Waals surface area contributed by atoms with Gasteiger partial charge in [-0.15, -0.1) is 0 Å². The van der Waals surface area contributed by atoms with Crippen molar-refractivity contribution in [1.29, 1.82) is 0 Å². The topological polar surface area (TPSA) is 42.2 Å². The summed E-state index contributed by atoms with van der Waals surface area (Å²) in [5, 5.41) is 3.01. The Morgan fingerprint density at radius 2 is 1.58 bits per heavy atom. The molecule has 0 saturated carbocycles. The van der Waals surface area contributed by atoms with Crippen LogP contribution in [0.2, 0.25) is 0 Å². The fourth-order valence-corrected chi connectivity index (χ4v) is 4.84. The van der Waals surface area contributed by atoms with E-state index in [1.165, 1.54) is 76.3 Å². The highest BCUT2D eigenvalue weighted by Crippen LogP contribution is 2.23. The van der Waals surface area contributed by atoms with Crippen LogP contribution in [0.5, 0.6) is 0 Å². The molecule has 0 aliphatic carbocycles. The van der Waals surface area contributed by atoms with Crippen molar-refractivity contribution < 1.29 is 14.1 Å². The molecule has 210 valence electrons. The smallest absolute Gasteiger partial charge is 0.407 e. The Kier molecular flexibility index (Phi) is 14.8. The minimum Gasteiger partial charge on any atom is -0.450 e. The molecule has 0 spiro atoms. The fourth-order valence-electron chi connectivity index (χ4n) is 4.84. The van der Waals surface area contributed by atoms with Gasteiger partial charge in [-0.05, 0) is 57.2 Å². The van der Waals surface area contributed by atoms with Gasteiger partial charge < -0.3 is 10.1 Å². The Hall–Kier alpha value is -2.62. The van der Waals surface area contributed by atoms with Crippen molar-refractivity contribution in [3.05, 3.63) is 72.1 Å². The first-order valence-electron chi connectivity index (χ1n) is 15.0. The maximum absolute atomic E-state index is 12.3. The minimum absolute atomic E-state index is 0.351. The van der Waals surface area contributed by atoms with Crippen LogP contribution in [0.3, 0.4) is 0 Å². The quantitative estimate of drug-likeness (QED) is 0.148. The summed E-state index contributed by atoms with van der Waals surface area (Å²) in [4.78, 5) is 12.3. The third-order valence-corrected chi connectivity index (χ3v) is 7.34. The summed E-state index contributed by atoms with van der Waals surface area (Å²) >= 11 is 0. The Bertz CT molecular complexity index is 966. The lowest BCUT2D eigenvalue weighted by atomic mass is 9.92. The molecule has 0 aliphatic heterocycles. The van der Waals surface area contributed by atoms with Crippen LogP contribution in [-0.2, 0) is 23.2 Å². The largest absolute Gasteiger partial charge is 0.450 e. The van der Waals surface area contributed by atoms with E-state index in [2.05, 4.69) is 53.8 Å². The van der Waals surface area contributed by atoms with Gasteiger partial charge in [0.15, 0.2) is 11.9 Å². The Morgan fingerprint density at radius 1 is 0.895 bits per heavy atom. The second-order valence-corrected chi connectivity index (χ2v) is 11.3. The summed E-state index contributed by atoms with van der Waals surface area (Å²) in [5.41, 5.74) is 4.12. The molecular formula is C34H53N2O2+. The standard InChI is InChI=1S/C34H52N2O2/c1-6-7-8-15-23-32-24-16-18-26-36(32)25-17-13-11-9-10-12-14-19-27-38-33(37)35-34(4,5)31-22-20-21-30(28-31)29(2)3/h16,18,20-22,24,26,28H,2,6-15,17,19,23,25,27H2,1,3-5H3/p+1. The third kappa shape index (κ3) is 12.3. The highest BCUT2D eigenvalue weighted by Gasteiger charge is 2.24. The number of benzene rings is 1. The predicted molar refractivity (Wildman–Crippen MR) is 160 cm³/mol. The molecule has 0 radical (unpaired) electrons. The van der Waals surface area contributed by atoms with Crippen LogP contribution in [0, 0.1) is 0 Å². The highest BCUT2D eigenvalue weighted by molar-refractivity contribution is 5.69. The van der Waals surface area contributed by atoms with Crippen molar-refractivity contribution >= 4 is 11.7 Å². The first-order chi connectivity index (χ1) is 18.3. The number of pyridine rings is 1. The molecule has 1 amide bonds. The Morgan fingerprint density at radius 3 is 2.29 bits per heavy atom. The molecule has 0 fully saturated rings. The zero-order valence-corrected chi connectivity index (χ0v) is 24.7. The summed E-state index contributed by atoms with van der Waals surface area (Å²) < 4.78 is 7.92. The number of allylic oxidation sites excluding steroid dienone is 1. The van der Waals surface area contributed by atoms with Gasteiger partial charge in [-0.25, -0.2) is 9.36 Å². The van der Waals surface area contributed by atoms with Crippen LogP contribution in [0.4, 0.5) is 4.79 Å². The fraction of sp³-hybridized carbons (Fsp3) is 0.588. The van der Waals surface area contributed by atoms with Gasteiger partial charge in [0.2, 0.25) is 0 Å². The maximum atomic E-state index is 12.3. The van der Waals surface area contributed by atoms with E-state index in [0.29, 0.717) is 6.61 Å². The van der Waals surface area contributed by atoms with Crippen LogP contribution in [0.25, 0.3) is 5.57 Å². The van der Waals surface area contributed by atoms with Gasteiger partial charge in [0.25, 0.3) is 0 Å². The minimum atomic E-state index is -0.502. The van der Waals surface area contributed by atoms with E-state index in [1.807, 2.05) is 39.0 Å². The average molecular weight is 522 g/mol. The number of ether oxygens (including phenoxy) is 1. The molecule has 0 unspecified atom stereocenters. The van der Waals surface area contributed by atoms with Crippen LogP contribution < -0.4 is 9.88 Å². The number of rotatable bonds is 19. The molecule has 2 aromatic rings. The number of carbonyl (C=O) groups excluding carboxylic acids is 1. The molecule has 4 nitrogen and oxygen atoms in total. The number of nitrogens with zero attached hydrogens (tertiary/aromatic N) is 1. The molecule has 1 aromatic carbocycles. The first-order valence-corrected chi connectivity index (χ1v) is 15.0. The second-order valence-electron chi connectivity index (χ2n) is 11.3. The van der Waals surface area contributed by atoms with E-state index < -0.39 is 5.54 Å². The molecule has 0 saturated heterocycles. The van der Waals surface area contributed by atoms with E-state index in [-0.39, 0.29) is 6.09 Å². The SMILES string of the molecule is C=C(C)c1cccc(C(C)(C)NC(=O)OCCCCCCCCCC[n+]2ccccc2CCCCCC)c1. The molecule has 0 atom stereocenters. The third-order valence-electron chi connectivity index (χ3n) is 7.34. The number of nitrogens with one attached hydrogen (secondary N) is 1. The van der Waals surface area contributed by atoms with Crippen molar-refractivity contribution in [3.63, 3.8) is 0 Å². The maximum Gasteiger partial charge on any atom is 0.407 e. The molecule has 1 heterocycles. The summed E-state index contributed by atoms with van der Waals surface area (Å²) in [7, 11) is 0. The van der Waals surface area contributed by atoms with Gasteiger partial charge in [0.05, 0.1) is 12.1 Å². The van der Waals surface area contributed by atoms with Crippen molar-refractivity contribution in [2.75, 3.05) is 6.61 Å². The highest BCUT2D eigenvalue weighted by atomic mass is 16.5. The Balaban J connectivity index is 1.51. The van der Waals surface area contributed by atoms with E-state index in [0.717, 1.165) is 36.1 Å².